The lowest BCUT2D eigenvalue weighted by Gasteiger charge is -2.22. The number of nitrogens with one attached hydrogen (secondary N) is 2. The molecule has 0 unspecified atom stereocenters. The summed E-state index contributed by atoms with van der Waals surface area (Å²) in [5.74, 6) is -0.239. The van der Waals surface area contributed by atoms with Crippen molar-refractivity contribution in [3.8, 4) is 11.1 Å². The van der Waals surface area contributed by atoms with Crippen LogP contribution in [-0.4, -0.2) is 59.3 Å². The molecule has 0 saturated carbocycles. The van der Waals surface area contributed by atoms with Crippen molar-refractivity contribution in [2.45, 2.75) is 31.5 Å². The fraction of sp³-hybridized carbons (Fsp3) is 0.500. The van der Waals surface area contributed by atoms with Crippen LogP contribution >= 0.6 is 0 Å². The molecule has 3 aliphatic heterocycles. The van der Waals surface area contributed by atoms with Crippen LogP contribution in [0.4, 0.5) is 0 Å². The smallest absolute Gasteiger partial charge is 0.258 e. The van der Waals surface area contributed by atoms with Gasteiger partial charge in [-0.3, -0.25) is 14.9 Å². The Morgan fingerprint density at radius 1 is 1.13 bits per heavy atom. The Labute approximate surface area is 182 Å². The standard InChI is InChI=1S/C24H30N4O3/c29-15-19-18-14-28-20(9-8-17(24(28)31)16-6-2-1-3-7-16)21(18)26-22(19)23(30)25-10-13-27-11-4-5-12-27/h1-3,6-9,18-19,21-22,26,29H,4-5,10-15H2,(H,25,30)/t18-,19-,21+,22-/m1/s1. The topological polar surface area (TPSA) is 86.6 Å². The SMILES string of the molecule is O=C(NCCN1CCCC1)[C@@H]1N[C@@H]2c3ccc(-c4ccccc4)c(=O)n3C[C@@H]2[C@H]1CO. The molecule has 31 heavy (non-hydrogen) atoms. The van der Waals surface area contributed by atoms with Crippen LogP contribution in [-0.2, 0) is 11.3 Å². The highest BCUT2D eigenvalue weighted by Crippen LogP contribution is 2.42. The molecule has 0 radical (unpaired) electrons. The number of carbonyl (C=O) groups excluding carboxylic acids is 1. The normalized spacial score (nSPS) is 27.3. The number of nitrogens with zero attached hydrogens (tertiary/aromatic N) is 2. The first-order valence-electron chi connectivity index (χ1n) is 11.3. The molecule has 2 aromatic rings. The Kier molecular flexibility index (Phi) is 5.65. The van der Waals surface area contributed by atoms with Crippen molar-refractivity contribution in [3.63, 3.8) is 0 Å². The fourth-order valence-corrected chi connectivity index (χ4v) is 5.55. The number of rotatable bonds is 6. The first-order valence-corrected chi connectivity index (χ1v) is 11.3. The van der Waals surface area contributed by atoms with Gasteiger partial charge in [0.25, 0.3) is 5.56 Å². The maximum Gasteiger partial charge on any atom is 0.258 e. The van der Waals surface area contributed by atoms with Crippen LogP contribution < -0.4 is 16.2 Å². The first-order chi connectivity index (χ1) is 15.2. The van der Waals surface area contributed by atoms with Crippen LogP contribution in [0.1, 0.15) is 24.6 Å². The highest BCUT2D eigenvalue weighted by atomic mass is 16.3. The van der Waals surface area contributed by atoms with Gasteiger partial charge in [-0.15, -0.1) is 0 Å². The summed E-state index contributed by atoms with van der Waals surface area (Å²) in [6.45, 7) is 4.16. The first kappa shape index (κ1) is 20.4. The average Bonchev–Trinajstić information content (AvgIpc) is 3.50. The number of hydrogen-bond donors (Lipinski definition) is 3. The van der Waals surface area contributed by atoms with Crippen molar-refractivity contribution in [2.24, 2.45) is 11.8 Å². The summed E-state index contributed by atoms with van der Waals surface area (Å²) >= 11 is 0. The van der Waals surface area contributed by atoms with Crippen molar-refractivity contribution >= 4 is 5.91 Å². The van der Waals surface area contributed by atoms with Gasteiger partial charge in [-0.2, -0.15) is 0 Å². The summed E-state index contributed by atoms with van der Waals surface area (Å²) in [6.07, 6.45) is 2.47. The Bertz CT molecular complexity index is 1000. The highest BCUT2D eigenvalue weighted by molar-refractivity contribution is 5.82. The molecule has 3 N–H and O–H groups in total. The minimum Gasteiger partial charge on any atom is -0.396 e. The van der Waals surface area contributed by atoms with Crippen LogP contribution in [0, 0.1) is 11.8 Å². The van der Waals surface area contributed by atoms with Crippen molar-refractivity contribution in [1.29, 1.82) is 0 Å². The van der Waals surface area contributed by atoms with E-state index in [1.807, 2.05) is 47.0 Å². The number of aliphatic hydroxyl groups excluding tert-OH is 1. The highest BCUT2D eigenvalue weighted by Gasteiger charge is 2.50. The maximum absolute atomic E-state index is 13.2. The number of hydrogen-bond acceptors (Lipinski definition) is 5. The zero-order valence-corrected chi connectivity index (χ0v) is 17.7. The fourth-order valence-electron chi connectivity index (χ4n) is 5.55. The van der Waals surface area contributed by atoms with E-state index in [2.05, 4.69) is 15.5 Å². The van der Waals surface area contributed by atoms with Gasteiger partial charge in [0.2, 0.25) is 5.91 Å². The van der Waals surface area contributed by atoms with E-state index in [1.54, 1.807) is 0 Å². The lowest BCUT2D eigenvalue weighted by atomic mass is 9.88. The third-order valence-electron chi connectivity index (χ3n) is 7.19. The molecule has 0 bridgehead atoms. The zero-order chi connectivity index (χ0) is 21.4. The van der Waals surface area contributed by atoms with E-state index in [1.165, 1.54) is 12.8 Å². The Balaban J connectivity index is 1.31. The molecule has 5 rings (SSSR count). The molecule has 1 aromatic heterocycles. The van der Waals surface area contributed by atoms with Crippen LogP contribution in [0.3, 0.4) is 0 Å². The monoisotopic (exact) mass is 422 g/mol. The maximum atomic E-state index is 13.2. The van der Waals surface area contributed by atoms with Crippen molar-refractivity contribution in [1.82, 2.24) is 20.1 Å². The Hall–Kier alpha value is -2.48. The number of amides is 1. The molecule has 7 heteroatoms. The number of likely N-dealkylation sites (tertiary alicyclic amines) is 1. The molecule has 1 aromatic carbocycles. The van der Waals surface area contributed by atoms with Gasteiger partial charge in [-0.25, -0.2) is 0 Å². The van der Waals surface area contributed by atoms with Gasteiger partial charge in [-0.05, 0) is 43.6 Å². The second-order valence-electron chi connectivity index (χ2n) is 8.93. The second kappa shape index (κ2) is 8.57. The largest absolute Gasteiger partial charge is 0.396 e. The van der Waals surface area contributed by atoms with E-state index in [0.717, 1.165) is 30.9 Å². The van der Waals surface area contributed by atoms with Gasteiger partial charge in [-0.1, -0.05) is 30.3 Å². The molecule has 2 saturated heterocycles. The van der Waals surface area contributed by atoms with Crippen LogP contribution in [0.25, 0.3) is 11.1 Å². The molecular formula is C24H30N4O3. The second-order valence-corrected chi connectivity index (χ2v) is 8.93. The molecule has 2 fully saturated rings. The van der Waals surface area contributed by atoms with Gasteiger partial charge < -0.3 is 19.9 Å². The molecule has 4 atom stereocenters. The third-order valence-corrected chi connectivity index (χ3v) is 7.19. The minimum atomic E-state index is -0.434. The molecule has 7 nitrogen and oxygen atoms in total. The number of pyridine rings is 1. The van der Waals surface area contributed by atoms with E-state index in [9.17, 15) is 14.7 Å². The number of carbonyl (C=O) groups is 1. The number of fused-ring (bicyclic) bond motifs is 3. The predicted octanol–water partition coefficient (Wildman–Crippen LogP) is 0.979. The number of aliphatic hydroxyl groups is 1. The summed E-state index contributed by atoms with van der Waals surface area (Å²) in [4.78, 5) is 28.4. The third kappa shape index (κ3) is 3.71. The van der Waals surface area contributed by atoms with Crippen LogP contribution in [0.5, 0.6) is 0 Å². The molecule has 3 aliphatic rings. The van der Waals surface area contributed by atoms with Gasteiger partial charge in [0.1, 0.15) is 0 Å². The lowest BCUT2D eigenvalue weighted by molar-refractivity contribution is -0.124. The molecule has 4 heterocycles. The average molecular weight is 423 g/mol. The Morgan fingerprint density at radius 2 is 1.90 bits per heavy atom. The van der Waals surface area contributed by atoms with E-state index < -0.39 is 6.04 Å². The van der Waals surface area contributed by atoms with Crippen molar-refractivity contribution in [2.75, 3.05) is 32.8 Å². The van der Waals surface area contributed by atoms with Crippen LogP contribution in [0.2, 0.25) is 0 Å². The zero-order valence-electron chi connectivity index (χ0n) is 17.7. The lowest BCUT2D eigenvalue weighted by Crippen LogP contribution is -2.47. The van der Waals surface area contributed by atoms with Gasteiger partial charge in [0.05, 0.1) is 12.1 Å². The summed E-state index contributed by atoms with van der Waals surface area (Å²) in [7, 11) is 0. The van der Waals surface area contributed by atoms with Gasteiger partial charge >= 0.3 is 0 Å². The molecule has 1 amide bonds. The molecule has 0 aliphatic carbocycles. The van der Waals surface area contributed by atoms with Crippen molar-refractivity contribution < 1.29 is 9.90 Å². The quantitative estimate of drug-likeness (QED) is 0.646. The molecule has 0 spiro atoms. The van der Waals surface area contributed by atoms with Gasteiger partial charge in [0.15, 0.2) is 0 Å². The van der Waals surface area contributed by atoms with Gasteiger partial charge in [0, 0.05) is 49.3 Å². The summed E-state index contributed by atoms with van der Waals surface area (Å²) in [5.41, 5.74) is 2.48. The summed E-state index contributed by atoms with van der Waals surface area (Å²) in [6, 6.07) is 13.0. The number of benzene rings is 1. The predicted molar refractivity (Wildman–Crippen MR) is 119 cm³/mol. The summed E-state index contributed by atoms with van der Waals surface area (Å²) < 4.78 is 1.81. The van der Waals surface area contributed by atoms with Crippen LogP contribution in [0.15, 0.2) is 47.3 Å². The van der Waals surface area contributed by atoms with E-state index in [0.29, 0.717) is 18.7 Å². The minimum absolute atomic E-state index is 0.0109. The van der Waals surface area contributed by atoms with E-state index >= 15 is 0 Å². The summed E-state index contributed by atoms with van der Waals surface area (Å²) in [5, 5.41) is 16.6. The number of aromatic nitrogens is 1. The van der Waals surface area contributed by atoms with Crippen molar-refractivity contribution in [3.05, 3.63) is 58.5 Å². The molecular weight excluding hydrogens is 392 g/mol. The van der Waals surface area contributed by atoms with E-state index in [-0.39, 0.29) is 36.0 Å². The molecule has 164 valence electrons. The Morgan fingerprint density at radius 3 is 2.65 bits per heavy atom. The van der Waals surface area contributed by atoms with E-state index in [4.69, 9.17) is 0 Å².